The summed E-state index contributed by atoms with van der Waals surface area (Å²) in [6.07, 6.45) is 5.85. The fraction of sp³-hybridized carbons (Fsp3) is 0.704. The van der Waals surface area contributed by atoms with E-state index in [1.54, 1.807) is 11.1 Å². The van der Waals surface area contributed by atoms with Crippen molar-refractivity contribution in [2.24, 2.45) is 23.5 Å². The molecule has 2 heterocycles. The lowest BCUT2D eigenvalue weighted by atomic mass is 9.78. The summed E-state index contributed by atoms with van der Waals surface area (Å²) in [7, 11) is 0. The average Bonchev–Trinajstić information content (AvgIpc) is 2.71. The van der Waals surface area contributed by atoms with E-state index in [1.807, 2.05) is 0 Å². The van der Waals surface area contributed by atoms with Crippen LogP contribution in [0, 0.1) is 17.8 Å². The van der Waals surface area contributed by atoms with Gasteiger partial charge >= 0.3 is 0 Å². The molecule has 3 heteroatoms. The molecule has 0 spiro atoms. The predicted molar refractivity (Wildman–Crippen MR) is 128 cm³/mol. The van der Waals surface area contributed by atoms with E-state index in [1.165, 1.54) is 30.5 Å². The van der Waals surface area contributed by atoms with Crippen LogP contribution in [0.4, 0.5) is 0 Å². The molecule has 1 fully saturated rings. The minimum atomic E-state index is -0.0971. The van der Waals surface area contributed by atoms with Crippen LogP contribution in [0.25, 0.3) is 0 Å². The SMILES string of the molecule is C=C(O[C@@H]1C[C@@H]2c3cc(CC)c(CC)cc3CCN2C[C@H]1CC(C)C)[C@@H](N)C(C)C. The second-order valence-corrected chi connectivity index (χ2v) is 10.3. The van der Waals surface area contributed by atoms with Crippen molar-refractivity contribution >= 4 is 0 Å². The van der Waals surface area contributed by atoms with Crippen LogP contribution in [0.2, 0.25) is 0 Å². The number of ether oxygens (including phenoxy) is 1. The van der Waals surface area contributed by atoms with E-state index in [4.69, 9.17) is 10.5 Å². The van der Waals surface area contributed by atoms with Gasteiger partial charge in [-0.25, -0.2) is 0 Å². The zero-order chi connectivity index (χ0) is 22.0. The van der Waals surface area contributed by atoms with Crippen molar-refractivity contribution in [3.05, 3.63) is 46.7 Å². The van der Waals surface area contributed by atoms with Gasteiger partial charge in [-0.2, -0.15) is 0 Å². The molecular weight excluding hydrogens is 368 g/mol. The third kappa shape index (κ3) is 4.94. The van der Waals surface area contributed by atoms with Gasteiger partial charge in [-0.3, -0.25) is 4.90 Å². The molecule has 1 aromatic carbocycles. The van der Waals surface area contributed by atoms with E-state index in [-0.39, 0.29) is 12.1 Å². The third-order valence-corrected chi connectivity index (χ3v) is 7.31. The number of nitrogens with two attached hydrogens (primary N) is 1. The molecule has 30 heavy (non-hydrogen) atoms. The molecule has 3 nitrogen and oxygen atoms in total. The molecule has 1 saturated heterocycles. The van der Waals surface area contributed by atoms with Crippen molar-refractivity contribution in [1.29, 1.82) is 0 Å². The summed E-state index contributed by atoms with van der Waals surface area (Å²) in [5.74, 6) is 2.32. The molecule has 0 aromatic heterocycles. The van der Waals surface area contributed by atoms with E-state index < -0.39 is 0 Å². The largest absolute Gasteiger partial charge is 0.493 e. The molecule has 0 radical (unpaired) electrons. The highest BCUT2D eigenvalue weighted by Gasteiger charge is 2.40. The van der Waals surface area contributed by atoms with E-state index in [0.717, 1.165) is 31.6 Å². The number of piperidine rings is 1. The highest BCUT2D eigenvalue weighted by Crippen LogP contribution is 2.42. The molecule has 3 rings (SSSR count). The second-order valence-electron chi connectivity index (χ2n) is 10.3. The first kappa shape index (κ1) is 23.3. The van der Waals surface area contributed by atoms with Crippen molar-refractivity contribution in [3.63, 3.8) is 0 Å². The van der Waals surface area contributed by atoms with Gasteiger partial charge in [0.15, 0.2) is 0 Å². The van der Waals surface area contributed by atoms with Crippen LogP contribution in [0.15, 0.2) is 24.5 Å². The standard InChI is InChI=1S/C27H44N2O/c1-8-20-13-22-10-11-29-16-23(12-17(3)4)26(30-19(7)27(28)18(5)6)15-25(29)24(22)14-21(20)9-2/h13-14,17-18,23,25-27H,7-12,15-16,28H2,1-6H3/t23-,25-,26-,27+/m1/s1. The number of rotatable bonds is 8. The van der Waals surface area contributed by atoms with Gasteiger partial charge in [-0.1, -0.05) is 60.3 Å². The maximum absolute atomic E-state index is 6.55. The molecule has 168 valence electrons. The Morgan fingerprint density at radius 1 is 1.17 bits per heavy atom. The summed E-state index contributed by atoms with van der Waals surface area (Å²) in [6.45, 7) is 20.0. The lowest BCUT2D eigenvalue weighted by molar-refractivity contribution is -0.0415. The summed E-state index contributed by atoms with van der Waals surface area (Å²) in [5.41, 5.74) is 12.5. The molecule has 2 aliphatic rings. The van der Waals surface area contributed by atoms with Gasteiger partial charge < -0.3 is 10.5 Å². The van der Waals surface area contributed by atoms with Gasteiger partial charge in [0.05, 0.1) is 6.04 Å². The van der Waals surface area contributed by atoms with Crippen molar-refractivity contribution in [2.75, 3.05) is 13.1 Å². The van der Waals surface area contributed by atoms with Gasteiger partial charge in [0, 0.05) is 31.5 Å². The summed E-state index contributed by atoms with van der Waals surface area (Å²) >= 11 is 0. The summed E-state index contributed by atoms with van der Waals surface area (Å²) in [6, 6.07) is 5.37. The molecule has 0 saturated carbocycles. The summed E-state index contributed by atoms with van der Waals surface area (Å²) < 4.78 is 6.55. The van der Waals surface area contributed by atoms with Crippen molar-refractivity contribution in [3.8, 4) is 0 Å². The fourth-order valence-electron chi connectivity index (χ4n) is 5.51. The first-order valence-corrected chi connectivity index (χ1v) is 12.2. The van der Waals surface area contributed by atoms with Crippen molar-refractivity contribution < 1.29 is 4.74 Å². The number of nitrogens with zero attached hydrogens (tertiary/aromatic N) is 1. The normalized spacial score (nSPS) is 25.2. The predicted octanol–water partition coefficient (Wildman–Crippen LogP) is 5.66. The van der Waals surface area contributed by atoms with Crippen molar-refractivity contribution in [2.45, 2.75) is 91.8 Å². The topological polar surface area (TPSA) is 38.5 Å². The third-order valence-electron chi connectivity index (χ3n) is 7.31. The molecule has 0 amide bonds. The zero-order valence-electron chi connectivity index (χ0n) is 20.2. The Balaban J connectivity index is 1.88. The number of benzene rings is 1. The summed E-state index contributed by atoms with van der Waals surface area (Å²) in [4.78, 5) is 2.73. The lowest BCUT2D eigenvalue weighted by Crippen LogP contribution is -2.49. The van der Waals surface area contributed by atoms with Crippen LogP contribution in [0.3, 0.4) is 0 Å². The maximum Gasteiger partial charge on any atom is 0.106 e. The maximum atomic E-state index is 6.55. The van der Waals surface area contributed by atoms with E-state index in [0.29, 0.717) is 23.8 Å². The Bertz CT molecular complexity index is 739. The van der Waals surface area contributed by atoms with Gasteiger partial charge in [0.1, 0.15) is 11.9 Å². The minimum Gasteiger partial charge on any atom is -0.493 e. The van der Waals surface area contributed by atoms with E-state index in [2.05, 4.69) is 65.2 Å². The van der Waals surface area contributed by atoms with Crippen LogP contribution in [0.1, 0.15) is 82.7 Å². The van der Waals surface area contributed by atoms with Gasteiger partial charge in [-0.05, 0) is 59.8 Å². The van der Waals surface area contributed by atoms with Gasteiger partial charge in [-0.15, -0.1) is 0 Å². The Hall–Kier alpha value is -1.32. The Morgan fingerprint density at radius 3 is 2.43 bits per heavy atom. The molecule has 4 atom stereocenters. The molecular formula is C27H44N2O. The van der Waals surface area contributed by atoms with Crippen molar-refractivity contribution in [1.82, 2.24) is 4.90 Å². The molecule has 0 aliphatic carbocycles. The molecule has 0 bridgehead atoms. The number of hydrogen-bond donors (Lipinski definition) is 1. The zero-order valence-corrected chi connectivity index (χ0v) is 20.2. The van der Waals surface area contributed by atoms with Crippen LogP contribution >= 0.6 is 0 Å². The van der Waals surface area contributed by atoms with Crippen LogP contribution in [0.5, 0.6) is 0 Å². The molecule has 0 unspecified atom stereocenters. The van der Waals surface area contributed by atoms with E-state index >= 15 is 0 Å². The highest BCUT2D eigenvalue weighted by atomic mass is 16.5. The Morgan fingerprint density at radius 2 is 1.83 bits per heavy atom. The monoisotopic (exact) mass is 412 g/mol. The van der Waals surface area contributed by atoms with Gasteiger partial charge in [0.25, 0.3) is 0 Å². The summed E-state index contributed by atoms with van der Waals surface area (Å²) in [5, 5.41) is 0. The first-order valence-electron chi connectivity index (χ1n) is 12.2. The van der Waals surface area contributed by atoms with Crippen LogP contribution in [-0.4, -0.2) is 30.1 Å². The first-order chi connectivity index (χ1) is 14.2. The Labute approximate surface area is 185 Å². The fourth-order valence-corrected chi connectivity index (χ4v) is 5.51. The number of aryl methyl sites for hydroxylation is 2. The van der Waals surface area contributed by atoms with Crippen LogP contribution < -0.4 is 5.73 Å². The second kappa shape index (κ2) is 9.87. The van der Waals surface area contributed by atoms with E-state index in [9.17, 15) is 0 Å². The number of hydrogen-bond acceptors (Lipinski definition) is 3. The minimum absolute atomic E-state index is 0.0971. The Kier molecular flexibility index (Phi) is 7.68. The highest BCUT2D eigenvalue weighted by molar-refractivity contribution is 5.42. The smallest absolute Gasteiger partial charge is 0.106 e. The molecule has 2 aliphatic heterocycles. The number of fused-ring (bicyclic) bond motifs is 3. The quantitative estimate of drug-likeness (QED) is 0.560. The van der Waals surface area contributed by atoms with Crippen LogP contribution in [-0.2, 0) is 24.0 Å². The molecule has 1 aromatic rings. The average molecular weight is 413 g/mol. The van der Waals surface area contributed by atoms with Gasteiger partial charge in [0.2, 0.25) is 0 Å². The lowest BCUT2D eigenvalue weighted by Gasteiger charge is -2.48. The molecule has 2 N–H and O–H groups in total.